The van der Waals surface area contributed by atoms with Gasteiger partial charge in [-0.2, -0.15) is 0 Å². The molecule has 0 radical (unpaired) electrons. The standard InChI is InChI=1S/C43H48Cl2N6O6/c1-43(2,3)57-42(54)51(23-27-15-19-36(53)48-27)22-25-13-16-32(49-40(25)55-4)30-10-6-8-28(38(30)44)29-9-7-11-31(39(29)45)34-20-24-12-17-33(37(24)41(50-34)56-5)46-21-26-14-18-35(52)47-26/h6-11,13,16,20,26-27,33,46H,12,14-15,17-19,21-23H2,1-5H3,(H,47,52)(H,48,53)/t26-,27-,33-/m0/s1. The van der Waals surface area contributed by atoms with Gasteiger partial charge in [0.1, 0.15) is 5.60 Å². The zero-order valence-corrected chi connectivity index (χ0v) is 34.4. The number of ether oxygens (including phenoxy) is 3. The molecule has 3 amide bonds. The van der Waals surface area contributed by atoms with Crippen molar-refractivity contribution in [2.45, 2.75) is 89.6 Å². The summed E-state index contributed by atoms with van der Waals surface area (Å²) in [6.45, 7) is 6.58. The maximum Gasteiger partial charge on any atom is 0.410 e. The van der Waals surface area contributed by atoms with Crippen molar-refractivity contribution in [3.63, 3.8) is 0 Å². The van der Waals surface area contributed by atoms with Crippen molar-refractivity contribution in [3.05, 3.63) is 81.3 Å². The van der Waals surface area contributed by atoms with Crippen LogP contribution in [0, 0.1) is 0 Å². The maximum atomic E-state index is 13.3. The van der Waals surface area contributed by atoms with E-state index in [1.807, 2.05) is 69.3 Å². The van der Waals surface area contributed by atoms with Gasteiger partial charge in [0.05, 0.1) is 42.2 Å². The largest absolute Gasteiger partial charge is 0.481 e. The molecule has 3 N–H and O–H groups in total. The summed E-state index contributed by atoms with van der Waals surface area (Å²) < 4.78 is 17.3. The summed E-state index contributed by atoms with van der Waals surface area (Å²) in [6, 6.07) is 17.3. The van der Waals surface area contributed by atoms with Gasteiger partial charge < -0.3 is 35.1 Å². The van der Waals surface area contributed by atoms with Gasteiger partial charge >= 0.3 is 6.09 Å². The Morgan fingerprint density at radius 2 is 1.40 bits per heavy atom. The van der Waals surface area contributed by atoms with E-state index in [0.29, 0.717) is 70.1 Å². The zero-order valence-electron chi connectivity index (χ0n) is 32.8. The molecule has 0 saturated carbocycles. The van der Waals surface area contributed by atoms with E-state index >= 15 is 0 Å². The molecule has 3 aliphatic rings. The van der Waals surface area contributed by atoms with Crippen LogP contribution < -0.4 is 25.4 Å². The second-order valence-electron chi connectivity index (χ2n) is 15.8. The molecule has 4 aromatic rings. The molecule has 2 saturated heterocycles. The monoisotopic (exact) mass is 814 g/mol. The number of carbonyl (C=O) groups excluding carboxylic acids is 3. The molecule has 4 heterocycles. The second kappa shape index (κ2) is 16.9. The third-order valence-corrected chi connectivity index (χ3v) is 11.4. The number of rotatable bonds is 12. The van der Waals surface area contributed by atoms with Crippen LogP contribution in [0.4, 0.5) is 4.79 Å². The minimum Gasteiger partial charge on any atom is -0.481 e. The first-order valence-corrected chi connectivity index (χ1v) is 20.1. The summed E-state index contributed by atoms with van der Waals surface area (Å²) in [4.78, 5) is 48.3. The number of carbonyl (C=O) groups is 3. The molecule has 14 heteroatoms. The van der Waals surface area contributed by atoms with Gasteiger partial charge in [0, 0.05) is 77.4 Å². The first-order valence-electron chi connectivity index (χ1n) is 19.3. The molecule has 2 fully saturated rings. The summed E-state index contributed by atoms with van der Waals surface area (Å²) in [7, 11) is 3.16. The summed E-state index contributed by atoms with van der Waals surface area (Å²) in [5.74, 6) is 0.954. The van der Waals surface area contributed by atoms with Gasteiger partial charge in [0.25, 0.3) is 0 Å². The lowest BCUT2D eigenvalue weighted by atomic mass is 9.97. The number of aromatic nitrogens is 2. The average molecular weight is 816 g/mol. The fraction of sp³-hybridized carbons (Fsp3) is 0.419. The number of hydrogen-bond donors (Lipinski definition) is 3. The van der Waals surface area contributed by atoms with Gasteiger partial charge in [-0.3, -0.25) is 9.59 Å². The van der Waals surface area contributed by atoms with E-state index in [4.69, 9.17) is 47.4 Å². The van der Waals surface area contributed by atoms with Gasteiger partial charge in [-0.1, -0.05) is 59.6 Å². The van der Waals surface area contributed by atoms with E-state index in [0.717, 1.165) is 47.1 Å². The first kappa shape index (κ1) is 40.3. The van der Waals surface area contributed by atoms with Crippen LogP contribution in [0.5, 0.6) is 11.8 Å². The fourth-order valence-corrected chi connectivity index (χ4v) is 8.48. The Kier molecular flexibility index (Phi) is 11.9. The van der Waals surface area contributed by atoms with Crippen LogP contribution in [0.3, 0.4) is 0 Å². The molecule has 2 aliphatic heterocycles. The van der Waals surface area contributed by atoms with Crippen LogP contribution >= 0.6 is 23.2 Å². The summed E-state index contributed by atoms with van der Waals surface area (Å²) in [6.07, 6.45) is 3.71. The molecule has 0 unspecified atom stereocenters. The van der Waals surface area contributed by atoms with Crippen LogP contribution in [0.15, 0.2) is 54.6 Å². The van der Waals surface area contributed by atoms with Gasteiger partial charge in [0.2, 0.25) is 23.6 Å². The van der Waals surface area contributed by atoms with Gasteiger partial charge in [-0.15, -0.1) is 0 Å². The minimum atomic E-state index is -0.701. The molecule has 7 rings (SSSR count). The van der Waals surface area contributed by atoms with Crippen molar-refractivity contribution in [3.8, 4) is 45.4 Å². The van der Waals surface area contributed by atoms with Crippen LogP contribution in [0.2, 0.25) is 10.0 Å². The highest BCUT2D eigenvalue weighted by atomic mass is 35.5. The second-order valence-corrected chi connectivity index (χ2v) is 16.5. The van der Waals surface area contributed by atoms with Crippen molar-refractivity contribution < 1.29 is 28.6 Å². The number of benzene rings is 2. The van der Waals surface area contributed by atoms with Crippen LogP contribution in [0.1, 0.15) is 75.6 Å². The molecule has 300 valence electrons. The molecule has 2 aromatic carbocycles. The summed E-state index contributed by atoms with van der Waals surface area (Å²) in [5, 5.41) is 10.5. The number of halogens is 2. The SMILES string of the molecule is COc1nc(-c2cccc(-c3cccc(-c4cc5c(c(OC)n4)[C@@H](NC[C@@H]4CCC(=O)N4)CC5)c3Cl)c2Cl)ccc1CN(C[C@@H]1CCC(=O)N1)C(=O)OC(C)(C)C. The van der Waals surface area contributed by atoms with Crippen molar-refractivity contribution in [1.82, 2.24) is 30.8 Å². The predicted molar refractivity (Wildman–Crippen MR) is 220 cm³/mol. The molecule has 12 nitrogen and oxygen atoms in total. The Morgan fingerprint density at radius 1 is 0.807 bits per heavy atom. The lowest BCUT2D eigenvalue weighted by Crippen LogP contribution is -2.43. The topological polar surface area (TPSA) is 144 Å². The molecular formula is C43H48Cl2N6O6. The van der Waals surface area contributed by atoms with Crippen LogP contribution in [0.25, 0.3) is 33.6 Å². The third-order valence-electron chi connectivity index (χ3n) is 10.6. The molecule has 57 heavy (non-hydrogen) atoms. The highest BCUT2D eigenvalue weighted by Gasteiger charge is 2.32. The summed E-state index contributed by atoms with van der Waals surface area (Å²) in [5.41, 5.74) is 6.30. The van der Waals surface area contributed by atoms with E-state index in [1.165, 1.54) is 7.11 Å². The Bertz CT molecular complexity index is 2190. The lowest BCUT2D eigenvalue weighted by Gasteiger charge is -2.29. The van der Waals surface area contributed by atoms with Crippen molar-refractivity contribution in [2.24, 2.45) is 0 Å². The van der Waals surface area contributed by atoms with E-state index in [9.17, 15) is 14.4 Å². The Balaban J connectivity index is 1.15. The van der Waals surface area contributed by atoms with Crippen molar-refractivity contribution in [2.75, 3.05) is 27.3 Å². The first-order chi connectivity index (χ1) is 27.3. The number of nitrogens with zero attached hydrogens (tertiary/aromatic N) is 3. The third kappa shape index (κ3) is 8.98. The molecule has 2 aromatic heterocycles. The number of methoxy groups -OCH3 is 2. The quantitative estimate of drug-likeness (QED) is 0.131. The molecule has 3 atom stereocenters. The van der Waals surface area contributed by atoms with E-state index in [1.54, 1.807) is 12.0 Å². The zero-order chi connectivity index (χ0) is 40.4. The Hall–Kier alpha value is -4.91. The van der Waals surface area contributed by atoms with E-state index in [2.05, 4.69) is 22.0 Å². The maximum absolute atomic E-state index is 13.3. The number of amides is 3. The predicted octanol–water partition coefficient (Wildman–Crippen LogP) is 7.67. The normalized spacial score (nSPS) is 18.9. The number of nitrogens with one attached hydrogen (secondary N) is 3. The van der Waals surface area contributed by atoms with E-state index in [-0.39, 0.29) is 43.0 Å². The number of aryl methyl sites for hydroxylation is 1. The molecule has 0 bridgehead atoms. The van der Waals surface area contributed by atoms with E-state index < -0.39 is 11.7 Å². The number of fused-ring (bicyclic) bond motifs is 1. The molecular weight excluding hydrogens is 767 g/mol. The van der Waals surface area contributed by atoms with Gasteiger partial charge in [-0.25, -0.2) is 14.8 Å². The highest BCUT2D eigenvalue weighted by Crippen LogP contribution is 2.44. The Labute approximate surface area is 343 Å². The number of hydrogen-bond acceptors (Lipinski definition) is 9. The van der Waals surface area contributed by atoms with Gasteiger partial charge in [-0.05, 0) is 70.2 Å². The minimum absolute atomic E-state index is 0.0317. The van der Waals surface area contributed by atoms with Crippen molar-refractivity contribution in [1.29, 1.82) is 0 Å². The highest BCUT2D eigenvalue weighted by molar-refractivity contribution is 6.39. The van der Waals surface area contributed by atoms with Crippen LogP contribution in [-0.4, -0.2) is 77.8 Å². The fourth-order valence-electron chi connectivity index (χ4n) is 7.83. The molecule has 1 aliphatic carbocycles. The van der Waals surface area contributed by atoms with Gasteiger partial charge in [0.15, 0.2) is 0 Å². The smallest absolute Gasteiger partial charge is 0.410 e. The molecule has 0 spiro atoms. The Morgan fingerprint density at radius 3 is 2.00 bits per heavy atom. The number of pyridine rings is 2. The summed E-state index contributed by atoms with van der Waals surface area (Å²) >= 11 is 14.4. The lowest BCUT2D eigenvalue weighted by molar-refractivity contribution is -0.120. The average Bonchev–Trinajstić information content (AvgIpc) is 3.92. The van der Waals surface area contributed by atoms with Crippen molar-refractivity contribution >= 4 is 41.1 Å². The van der Waals surface area contributed by atoms with Crippen LogP contribution in [-0.2, 0) is 27.3 Å².